The molecule has 0 saturated carbocycles. The highest BCUT2D eigenvalue weighted by molar-refractivity contribution is 5.79. The number of guanidine groups is 1. The van der Waals surface area contributed by atoms with Crippen molar-refractivity contribution in [3.63, 3.8) is 0 Å². The Morgan fingerprint density at radius 3 is 2.58 bits per heavy atom. The van der Waals surface area contributed by atoms with Crippen LogP contribution in [0.3, 0.4) is 0 Å². The minimum absolute atomic E-state index is 0.416. The molecule has 0 unspecified atom stereocenters. The summed E-state index contributed by atoms with van der Waals surface area (Å²) in [5.74, 6) is 2.00. The van der Waals surface area contributed by atoms with Gasteiger partial charge in [0.25, 0.3) is 0 Å². The van der Waals surface area contributed by atoms with Crippen molar-refractivity contribution in [3.8, 4) is 0 Å². The van der Waals surface area contributed by atoms with Crippen molar-refractivity contribution in [2.24, 2.45) is 4.99 Å². The van der Waals surface area contributed by atoms with E-state index in [4.69, 9.17) is 4.42 Å². The molecule has 0 saturated heterocycles. The standard InChI is InChI=1S/C17H22F3N5O/c1-21-16(24-10-7-14-4-2-11-26-14)23-9-3-8-22-15-6-5-13(12-25-15)17(18,19)20/h2,4-6,11-12H,3,7-10H2,1H3,(H,22,25)(H2,21,23,24). The molecule has 0 aromatic carbocycles. The quantitative estimate of drug-likeness (QED) is 0.379. The van der Waals surface area contributed by atoms with Gasteiger partial charge in [0.1, 0.15) is 11.6 Å². The summed E-state index contributed by atoms with van der Waals surface area (Å²) >= 11 is 0. The normalized spacial score (nSPS) is 12.1. The number of alkyl halides is 3. The lowest BCUT2D eigenvalue weighted by Gasteiger charge is -2.12. The van der Waals surface area contributed by atoms with Crippen LogP contribution in [0.15, 0.2) is 46.1 Å². The predicted octanol–water partition coefficient (Wildman–Crippen LogP) is 2.90. The van der Waals surface area contributed by atoms with Crippen molar-refractivity contribution in [1.82, 2.24) is 15.6 Å². The summed E-state index contributed by atoms with van der Waals surface area (Å²) in [7, 11) is 1.69. The molecular weight excluding hydrogens is 347 g/mol. The van der Waals surface area contributed by atoms with Gasteiger partial charge in [-0.2, -0.15) is 13.2 Å². The van der Waals surface area contributed by atoms with Crippen LogP contribution in [0.25, 0.3) is 0 Å². The van der Waals surface area contributed by atoms with E-state index >= 15 is 0 Å². The van der Waals surface area contributed by atoms with E-state index < -0.39 is 11.7 Å². The molecule has 0 bridgehead atoms. The van der Waals surface area contributed by atoms with Gasteiger partial charge < -0.3 is 20.4 Å². The van der Waals surface area contributed by atoms with E-state index in [0.29, 0.717) is 31.4 Å². The van der Waals surface area contributed by atoms with Gasteiger partial charge in [-0.05, 0) is 30.7 Å². The van der Waals surface area contributed by atoms with Gasteiger partial charge in [0.15, 0.2) is 5.96 Å². The summed E-state index contributed by atoms with van der Waals surface area (Å²) in [4.78, 5) is 7.88. The van der Waals surface area contributed by atoms with Crippen molar-refractivity contribution < 1.29 is 17.6 Å². The zero-order valence-electron chi connectivity index (χ0n) is 14.4. The average Bonchev–Trinajstić information content (AvgIpc) is 3.13. The molecule has 6 nitrogen and oxygen atoms in total. The number of rotatable bonds is 8. The maximum absolute atomic E-state index is 12.5. The van der Waals surface area contributed by atoms with Crippen LogP contribution in [0.1, 0.15) is 17.7 Å². The fraction of sp³-hybridized carbons (Fsp3) is 0.412. The van der Waals surface area contributed by atoms with Gasteiger partial charge in [0.2, 0.25) is 0 Å². The van der Waals surface area contributed by atoms with Crippen molar-refractivity contribution in [2.45, 2.75) is 19.0 Å². The first-order valence-corrected chi connectivity index (χ1v) is 8.23. The minimum atomic E-state index is -4.37. The molecule has 2 rings (SSSR count). The van der Waals surface area contributed by atoms with Crippen LogP contribution >= 0.6 is 0 Å². The van der Waals surface area contributed by atoms with Crippen molar-refractivity contribution in [3.05, 3.63) is 48.0 Å². The van der Waals surface area contributed by atoms with Gasteiger partial charge in [0.05, 0.1) is 11.8 Å². The number of aromatic nitrogens is 1. The Balaban J connectivity index is 1.60. The fourth-order valence-electron chi connectivity index (χ4n) is 2.16. The second-order valence-corrected chi connectivity index (χ2v) is 5.47. The molecule has 0 aliphatic heterocycles. The zero-order chi connectivity index (χ0) is 18.8. The number of anilines is 1. The molecule has 0 spiro atoms. The number of pyridine rings is 1. The fourth-order valence-corrected chi connectivity index (χ4v) is 2.16. The van der Waals surface area contributed by atoms with Crippen molar-refractivity contribution in [2.75, 3.05) is 32.0 Å². The summed E-state index contributed by atoms with van der Waals surface area (Å²) in [6.45, 7) is 1.93. The van der Waals surface area contributed by atoms with Crippen LogP contribution in [0.2, 0.25) is 0 Å². The third-order valence-electron chi connectivity index (χ3n) is 3.51. The lowest BCUT2D eigenvalue weighted by Crippen LogP contribution is -2.39. The Morgan fingerprint density at radius 2 is 1.96 bits per heavy atom. The van der Waals surface area contributed by atoms with E-state index in [1.807, 2.05) is 12.1 Å². The molecule has 0 atom stereocenters. The molecule has 2 aromatic heterocycles. The smallest absolute Gasteiger partial charge is 0.417 e. The highest BCUT2D eigenvalue weighted by Gasteiger charge is 2.30. The van der Waals surface area contributed by atoms with Gasteiger partial charge in [-0.1, -0.05) is 0 Å². The number of hydrogen-bond donors (Lipinski definition) is 3. The summed E-state index contributed by atoms with van der Waals surface area (Å²) in [6, 6.07) is 6.10. The maximum Gasteiger partial charge on any atom is 0.417 e. The third-order valence-corrected chi connectivity index (χ3v) is 3.51. The number of hydrogen-bond acceptors (Lipinski definition) is 4. The van der Waals surface area contributed by atoms with Crippen LogP contribution in [-0.4, -0.2) is 37.6 Å². The van der Waals surface area contributed by atoms with Gasteiger partial charge in [-0.25, -0.2) is 4.98 Å². The summed E-state index contributed by atoms with van der Waals surface area (Å²) in [5, 5.41) is 9.33. The van der Waals surface area contributed by atoms with E-state index in [1.54, 1.807) is 13.3 Å². The van der Waals surface area contributed by atoms with Gasteiger partial charge in [-0.15, -0.1) is 0 Å². The zero-order valence-corrected chi connectivity index (χ0v) is 14.4. The minimum Gasteiger partial charge on any atom is -0.469 e. The molecule has 142 valence electrons. The van der Waals surface area contributed by atoms with E-state index in [9.17, 15) is 13.2 Å². The highest BCUT2D eigenvalue weighted by atomic mass is 19.4. The maximum atomic E-state index is 12.5. The summed E-state index contributed by atoms with van der Waals surface area (Å²) in [5.41, 5.74) is -0.755. The van der Waals surface area contributed by atoms with Crippen LogP contribution < -0.4 is 16.0 Å². The monoisotopic (exact) mass is 369 g/mol. The van der Waals surface area contributed by atoms with Gasteiger partial charge in [0, 0.05) is 39.3 Å². The average molecular weight is 369 g/mol. The Bertz CT molecular complexity index is 669. The number of furan rings is 1. The Kier molecular flexibility index (Phi) is 7.31. The molecule has 3 N–H and O–H groups in total. The first-order chi connectivity index (χ1) is 12.5. The third kappa shape index (κ3) is 6.66. The van der Waals surface area contributed by atoms with Crippen molar-refractivity contribution in [1.29, 1.82) is 0 Å². The van der Waals surface area contributed by atoms with Crippen LogP contribution in [0.4, 0.5) is 19.0 Å². The molecule has 0 amide bonds. The number of halogens is 3. The molecule has 0 radical (unpaired) electrons. The summed E-state index contributed by atoms with van der Waals surface area (Å²) in [6.07, 6.45) is -0.391. The Labute approximate surface area is 149 Å². The molecule has 0 aliphatic rings. The molecule has 2 heterocycles. The number of aliphatic imine (C=N–C) groups is 1. The van der Waals surface area contributed by atoms with Crippen LogP contribution in [-0.2, 0) is 12.6 Å². The van der Waals surface area contributed by atoms with Crippen LogP contribution in [0.5, 0.6) is 0 Å². The highest BCUT2D eigenvalue weighted by Crippen LogP contribution is 2.28. The van der Waals surface area contributed by atoms with Gasteiger partial charge >= 0.3 is 6.18 Å². The first kappa shape index (κ1) is 19.6. The lowest BCUT2D eigenvalue weighted by molar-refractivity contribution is -0.137. The first-order valence-electron chi connectivity index (χ1n) is 8.23. The largest absolute Gasteiger partial charge is 0.469 e. The van der Waals surface area contributed by atoms with E-state index in [-0.39, 0.29) is 0 Å². The molecule has 26 heavy (non-hydrogen) atoms. The SMILES string of the molecule is CN=C(NCCCNc1ccc(C(F)(F)F)cn1)NCCc1ccco1. The second kappa shape index (κ2) is 9.69. The molecule has 2 aromatic rings. The second-order valence-electron chi connectivity index (χ2n) is 5.47. The van der Waals surface area contributed by atoms with Crippen molar-refractivity contribution >= 4 is 11.8 Å². The summed E-state index contributed by atoms with van der Waals surface area (Å²) < 4.78 is 42.6. The molecule has 9 heteroatoms. The van der Waals surface area contributed by atoms with Gasteiger partial charge in [-0.3, -0.25) is 4.99 Å². The lowest BCUT2D eigenvalue weighted by atomic mass is 10.3. The molecule has 0 fully saturated rings. The molecular formula is C17H22F3N5O. The number of nitrogens with zero attached hydrogens (tertiary/aromatic N) is 2. The predicted molar refractivity (Wildman–Crippen MR) is 94.1 cm³/mol. The molecule has 0 aliphatic carbocycles. The Morgan fingerprint density at radius 1 is 1.15 bits per heavy atom. The number of nitrogens with one attached hydrogen (secondary N) is 3. The topological polar surface area (TPSA) is 74.5 Å². The van der Waals surface area contributed by atoms with E-state index in [1.165, 1.54) is 6.07 Å². The van der Waals surface area contributed by atoms with Crippen LogP contribution in [0, 0.1) is 0 Å². The van der Waals surface area contributed by atoms with E-state index in [2.05, 4.69) is 25.9 Å². The van der Waals surface area contributed by atoms with E-state index in [0.717, 1.165) is 30.9 Å². The Hall–Kier alpha value is -2.71.